The van der Waals surface area contributed by atoms with E-state index in [-0.39, 0.29) is 0 Å². The van der Waals surface area contributed by atoms with E-state index >= 15 is 0 Å². The summed E-state index contributed by atoms with van der Waals surface area (Å²) in [6.45, 7) is 8.00. The van der Waals surface area contributed by atoms with E-state index in [1.54, 1.807) is 4.40 Å². The molecule has 0 spiro atoms. The number of hydrogen-bond donors (Lipinski definition) is 0. The molecule has 0 aliphatic carbocycles. The summed E-state index contributed by atoms with van der Waals surface area (Å²) in [5, 5.41) is 2.71. The number of pyridine rings is 2. The minimum atomic E-state index is -0.665. The normalized spacial score (nSPS) is 11.3. The molecule has 0 amide bonds. The molecule has 4 heterocycles. The van der Waals surface area contributed by atoms with Crippen LogP contribution in [-0.4, -0.2) is 39.9 Å². The van der Waals surface area contributed by atoms with Gasteiger partial charge in [-0.3, -0.25) is 0 Å². The van der Waals surface area contributed by atoms with Crippen LogP contribution in [0, 0.1) is 0 Å². The molecule has 152 valence electrons. The van der Waals surface area contributed by atoms with Gasteiger partial charge in [-0.05, 0) is 0 Å². The van der Waals surface area contributed by atoms with Crippen molar-refractivity contribution in [2.45, 2.75) is 27.7 Å². The predicted molar refractivity (Wildman–Crippen MR) is 136 cm³/mol. The average molecular weight is 520 g/mol. The van der Waals surface area contributed by atoms with Gasteiger partial charge in [-0.15, -0.1) is 0 Å². The summed E-state index contributed by atoms with van der Waals surface area (Å²) in [6.07, 6.45) is 5.75. The van der Waals surface area contributed by atoms with Gasteiger partial charge in [0.15, 0.2) is 0 Å². The molecule has 0 bridgehead atoms. The van der Waals surface area contributed by atoms with Crippen molar-refractivity contribution in [3.63, 3.8) is 0 Å². The Morgan fingerprint density at radius 1 is 0.667 bits per heavy atom. The van der Waals surface area contributed by atoms with Gasteiger partial charge in [0.1, 0.15) is 0 Å². The van der Waals surface area contributed by atoms with Crippen LogP contribution in [0.2, 0.25) is 0 Å². The Kier molecular flexibility index (Phi) is 8.44. The van der Waals surface area contributed by atoms with Crippen LogP contribution >= 0.6 is 0 Å². The molecule has 0 saturated carbocycles. The van der Waals surface area contributed by atoms with Crippen LogP contribution in [-0.2, 0) is 0 Å². The predicted octanol–water partition coefficient (Wildman–Crippen LogP) is 4.68. The summed E-state index contributed by atoms with van der Waals surface area (Å²) in [5.74, 6) is 0. The molecule has 1 aliphatic rings. The van der Waals surface area contributed by atoms with Crippen LogP contribution < -0.4 is 8.79 Å². The molecule has 1 aliphatic heterocycles. The van der Waals surface area contributed by atoms with Gasteiger partial charge in [0.2, 0.25) is 0 Å². The maximum atomic E-state index is 4.45. The minimum absolute atomic E-state index is 0.495. The zero-order chi connectivity index (χ0) is 21.3. The first-order chi connectivity index (χ1) is 14.9. The van der Waals surface area contributed by atoms with Gasteiger partial charge < -0.3 is 0 Å². The molecule has 0 N–H and O–H groups in total. The van der Waals surface area contributed by atoms with Gasteiger partial charge in [-0.25, -0.2) is 0 Å². The Bertz CT molecular complexity index is 1140. The first-order valence-electron chi connectivity index (χ1n) is 10.6. The second kappa shape index (κ2) is 11.3. The summed E-state index contributed by atoms with van der Waals surface area (Å²) in [5.41, 5.74) is 2.64. The van der Waals surface area contributed by atoms with Crippen molar-refractivity contribution >= 4 is 58.0 Å². The van der Waals surface area contributed by atoms with E-state index in [9.17, 15) is 0 Å². The third-order valence-electron chi connectivity index (χ3n) is 4.72. The molecule has 4 heteroatoms. The standard InChI is InChI=1S/C11H9GeN.C11H7NSe.2C2H6/c1-2-5-9-8(4-1)11-10(12-9)6-3-7-13-11;1-2-4-10-8(3-1)9-7-12-6-5-11(9)13-10;2*1-2/h1-7H,12H2;1-7H;2*1-2H3. The van der Waals surface area contributed by atoms with Crippen molar-refractivity contribution < 1.29 is 0 Å². The second-order valence-corrected chi connectivity index (χ2v) is 12.5. The van der Waals surface area contributed by atoms with E-state index in [2.05, 4.69) is 76.7 Å². The summed E-state index contributed by atoms with van der Waals surface area (Å²) in [6, 6.07) is 23.7. The average Bonchev–Trinajstić information content (AvgIpc) is 3.40. The van der Waals surface area contributed by atoms with Crippen molar-refractivity contribution in [2.75, 3.05) is 0 Å². The van der Waals surface area contributed by atoms with Gasteiger partial charge in [0, 0.05) is 0 Å². The number of nitrogens with zero attached hydrogens (tertiary/aromatic N) is 2. The monoisotopic (exact) mass is 522 g/mol. The molecule has 2 aromatic carbocycles. The van der Waals surface area contributed by atoms with Crippen molar-refractivity contribution in [3.05, 3.63) is 85.3 Å². The van der Waals surface area contributed by atoms with Crippen LogP contribution in [0.3, 0.4) is 0 Å². The third-order valence-corrected chi connectivity index (χ3v) is 11.2. The van der Waals surface area contributed by atoms with Crippen LogP contribution in [0.5, 0.6) is 0 Å². The van der Waals surface area contributed by atoms with Crippen molar-refractivity contribution in [2.24, 2.45) is 0 Å². The van der Waals surface area contributed by atoms with Gasteiger partial charge in [0.05, 0.1) is 0 Å². The fourth-order valence-corrected chi connectivity index (χ4v) is 9.62. The van der Waals surface area contributed by atoms with E-state index in [1.807, 2.05) is 46.3 Å². The zero-order valence-corrected chi connectivity index (χ0v) is 22.8. The molecule has 0 saturated heterocycles. The first-order valence-corrected chi connectivity index (χ1v) is 15.3. The molecule has 6 rings (SSSR count). The number of rotatable bonds is 0. The van der Waals surface area contributed by atoms with Crippen LogP contribution in [0.25, 0.3) is 30.6 Å². The summed E-state index contributed by atoms with van der Waals surface area (Å²) >= 11 is -0.170. The van der Waals surface area contributed by atoms with E-state index in [4.69, 9.17) is 0 Å². The number of hydrogen-bond acceptors (Lipinski definition) is 2. The maximum absolute atomic E-state index is 4.45. The molecule has 3 aromatic heterocycles. The van der Waals surface area contributed by atoms with Gasteiger partial charge in [0.25, 0.3) is 0 Å². The molecule has 0 fully saturated rings. The molecular formula is C26H28GeN2Se. The Hall–Kier alpha value is -2.20. The van der Waals surface area contributed by atoms with E-state index in [1.165, 1.54) is 34.9 Å². The first kappa shape index (κ1) is 22.5. The van der Waals surface area contributed by atoms with Gasteiger partial charge >= 0.3 is 165 Å². The Morgan fingerprint density at radius 2 is 1.37 bits per heavy atom. The van der Waals surface area contributed by atoms with E-state index < -0.39 is 15.4 Å². The van der Waals surface area contributed by atoms with Crippen LogP contribution in [0.4, 0.5) is 0 Å². The Morgan fingerprint density at radius 3 is 2.23 bits per heavy atom. The SMILES string of the molecule is CC.CC.c1ccc2[c](c1)[GeH2][c]1cccnc1-2.c1ccc2c(c1)[se]c1ccncc12. The van der Waals surface area contributed by atoms with Crippen molar-refractivity contribution in [3.8, 4) is 11.3 Å². The summed E-state index contributed by atoms with van der Waals surface area (Å²) < 4.78 is 6.07. The molecular weight excluding hydrogens is 492 g/mol. The third kappa shape index (κ3) is 4.75. The van der Waals surface area contributed by atoms with E-state index in [0.29, 0.717) is 14.5 Å². The fraction of sp³-hybridized carbons (Fsp3) is 0.154. The van der Waals surface area contributed by atoms with Crippen LogP contribution in [0.1, 0.15) is 27.7 Å². The molecule has 0 radical (unpaired) electrons. The molecule has 0 unspecified atom stereocenters. The quantitative estimate of drug-likeness (QED) is 0.272. The molecule has 5 aromatic rings. The molecule has 2 nitrogen and oxygen atoms in total. The molecule has 30 heavy (non-hydrogen) atoms. The van der Waals surface area contributed by atoms with Gasteiger partial charge in [-0.1, -0.05) is 27.7 Å². The number of fused-ring (bicyclic) bond motifs is 6. The van der Waals surface area contributed by atoms with Gasteiger partial charge in [-0.2, -0.15) is 0 Å². The van der Waals surface area contributed by atoms with Crippen LogP contribution in [0.15, 0.2) is 85.3 Å². The Labute approximate surface area is 191 Å². The number of aromatic nitrogens is 2. The fourth-order valence-electron chi connectivity index (χ4n) is 3.50. The topological polar surface area (TPSA) is 25.8 Å². The zero-order valence-electron chi connectivity index (χ0n) is 18.1. The number of benzene rings is 2. The summed E-state index contributed by atoms with van der Waals surface area (Å²) in [7, 11) is 0. The molecule has 0 atom stereocenters. The second-order valence-electron chi connectivity index (χ2n) is 6.32. The van der Waals surface area contributed by atoms with E-state index in [0.717, 1.165) is 0 Å². The Balaban J connectivity index is 0.000000147. The summed E-state index contributed by atoms with van der Waals surface area (Å²) in [4.78, 5) is 8.61. The van der Waals surface area contributed by atoms with Crippen molar-refractivity contribution in [1.29, 1.82) is 0 Å². The van der Waals surface area contributed by atoms with Crippen molar-refractivity contribution in [1.82, 2.24) is 9.97 Å².